The topological polar surface area (TPSA) is 59.6 Å². The molecule has 0 bridgehead atoms. The summed E-state index contributed by atoms with van der Waals surface area (Å²) in [5, 5.41) is 3.40. The Labute approximate surface area is 95.5 Å². The van der Waals surface area contributed by atoms with Gasteiger partial charge in [-0.2, -0.15) is 0 Å². The summed E-state index contributed by atoms with van der Waals surface area (Å²) in [7, 11) is 0. The molecule has 1 aromatic carbocycles. The lowest BCUT2D eigenvalue weighted by Crippen LogP contribution is -2.41. The van der Waals surface area contributed by atoms with Crippen molar-refractivity contribution in [1.82, 2.24) is 0 Å². The highest BCUT2D eigenvalue weighted by molar-refractivity contribution is 5.77. The van der Waals surface area contributed by atoms with E-state index in [-0.39, 0.29) is 12.1 Å². The van der Waals surface area contributed by atoms with Crippen LogP contribution < -0.4 is 15.8 Å². The molecule has 16 heavy (non-hydrogen) atoms. The van der Waals surface area contributed by atoms with Crippen molar-refractivity contribution in [2.75, 3.05) is 11.9 Å². The summed E-state index contributed by atoms with van der Waals surface area (Å²) in [5.41, 5.74) is 6.57. The van der Waals surface area contributed by atoms with Crippen LogP contribution in [0.25, 0.3) is 0 Å². The third-order valence-corrected chi connectivity index (χ3v) is 2.63. The first-order valence-corrected chi connectivity index (χ1v) is 5.45. The molecule has 0 saturated carbocycles. The Kier molecular flexibility index (Phi) is 2.99. The van der Waals surface area contributed by atoms with E-state index in [0.717, 1.165) is 11.4 Å². The lowest BCUT2D eigenvalue weighted by molar-refractivity contribution is 0.183. The lowest BCUT2D eigenvalue weighted by Gasteiger charge is -2.32. The fraction of sp³-hybridized carbons (Fsp3) is 0.417. The second-order valence-electron chi connectivity index (χ2n) is 4.07. The first kappa shape index (κ1) is 10.8. The maximum absolute atomic E-state index is 5.87. The monoisotopic (exact) mass is 219 g/mol. The third-order valence-electron chi connectivity index (χ3n) is 2.63. The smallest absolute Gasteiger partial charge is 0.143 e. The molecule has 1 aliphatic rings. The second kappa shape index (κ2) is 4.43. The number of fused-ring (bicyclic) bond motifs is 1. The standard InChI is InChI=1S/C12H17N3O/c1-8-12(7-14-9(2)13)16-11-6-4-3-5-10(11)15-8/h3-6,8,12,15H,7H2,1-2H3,(H2,13,14). The average Bonchev–Trinajstić information content (AvgIpc) is 2.26. The van der Waals surface area contributed by atoms with Crippen LogP contribution in [0.2, 0.25) is 0 Å². The zero-order valence-electron chi connectivity index (χ0n) is 9.60. The van der Waals surface area contributed by atoms with E-state index in [4.69, 9.17) is 10.5 Å². The molecule has 0 saturated heterocycles. The number of benzene rings is 1. The molecular formula is C12H17N3O. The summed E-state index contributed by atoms with van der Waals surface area (Å²) < 4.78 is 5.87. The maximum atomic E-state index is 5.87. The summed E-state index contributed by atoms with van der Waals surface area (Å²) in [6.45, 7) is 4.46. The molecule has 86 valence electrons. The number of anilines is 1. The molecule has 0 radical (unpaired) electrons. The van der Waals surface area contributed by atoms with Crippen LogP contribution >= 0.6 is 0 Å². The van der Waals surface area contributed by atoms with Crippen molar-refractivity contribution in [3.63, 3.8) is 0 Å². The number of para-hydroxylation sites is 2. The fourth-order valence-corrected chi connectivity index (χ4v) is 1.72. The molecule has 0 aliphatic carbocycles. The van der Waals surface area contributed by atoms with Crippen LogP contribution in [0.15, 0.2) is 29.3 Å². The summed E-state index contributed by atoms with van der Waals surface area (Å²) >= 11 is 0. The minimum atomic E-state index is 0.0356. The summed E-state index contributed by atoms with van der Waals surface area (Å²) in [6, 6.07) is 8.16. The van der Waals surface area contributed by atoms with E-state index in [2.05, 4.69) is 17.2 Å². The van der Waals surface area contributed by atoms with Gasteiger partial charge in [0.1, 0.15) is 11.9 Å². The summed E-state index contributed by atoms with van der Waals surface area (Å²) in [4.78, 5) is 4.20. The Bertz CT molecular complexity index is 399. The number of rotatable bonds is 2. The van der Waals surface area contributed by atoms with E-state index in [0.29, 0.717) is 12.4 Å². The van der Waals surface area contributed by atoms with Gasteiger partial charge in [-0.05, 0) is 26.0 Å². The minimum Gasteiger partial charge on any atom is -0.484 e. The molecule has 0 spiro atoms. The molecule has 0 aromatic heterocycles. The number of nitrogens with zero attached hydrogens (tertiary/aromatic N) is 1. The number of nitrogens with one attached hydrogen (secondary N) is 1. The Hall–Kier alpha value is -1.71. The highest BCUT2D eigenvalue weighted by Crippen LogP contribution is 2.30. The Balaban J connectivity index is 2.12. The zero-order chi connectivity index (χ0) is 11.5. The summed E-state index contributed by atoms with van der Waals surface area (Å²) in [6.07, 6.45) is 0.0356. The van der Waals surface area contributed by atoms with Crippen molar-refractivity contribution in [2.45, 2.75) is 26.0 Å². The van der Waals surface area contributed by atoms with Crippen molar-refractivity contribution in [3.8, 4) is 5.75 Å². The molecule has 1 heterocycles. The van der Waals surface area contributed by atoms with Gasteiger partial charge in [-0.3, -0.25) is 4.99 Å². The molecule has 1 aromatic rings. The van der Waals surface area contributed by atoms with Crippen molar-refractivity contribution in [2.24, 2.45) is 10.7 Å². The van der Waals surface area contributed by atoms with Gasteiger partial charge in [-0.1, -0.05) is 12.1 Å². The molecule has 2 atom stereocenters. The van der Waals surface area contributed by atoms with Crippen LogP contribution in [0.3, 0.4) is 0 Å². The van der Waals surface area contributed by atoms with Crippen molar-refractivity contribution >= 4 is 11.5 Å². The van der Waals surface area contributed by atoms with Crippen molar-refractivity contribution in [3.05, 3.63) is 24.3 Å². The van der Waals surface area contributed by atoms with Crippen LogP contribution in [0, 0.1) is 0 Å². The predicted molar refractivity (Wildman–Crippen MR) is 66.1 cm³/mol. The van der Waals surface area contributed by atoms with Gasteiger partial charge in [0.05, 0.1) is 24.1 Å². The molecule has 4 heteroatoms. The number of aliphatic imine (C=N–C) groups is 1. The predicted octanol–water partition coefficient (Wildman–Crippen LogP) is 1.63. The van der Waals surface area contributed by atoms with E-state index in [1.54, 1.807) is 6.92 Å². The molecule has 0 amide bonds. The fourth-order valence-electron chi connectivity index (χ4n) is 1.72. The number of amidine groups is 1. The Morgan fingerprint density at radius 3 is 3.00 bits per heavy atom. The van der Waals surface area contributed by atoms with Gasteiger partial charge < -0.3 is 15.8 Å². The number of ether oxygens (including phenoxy) is 1. The van der Waals surface area contributed by atoms with Gasteiger partial charge in [0.15, 0.2) is 0 Å². The Morgan fingerprint density at radius 2 is 2.25 bits per heavy atom. The van der Waals surface area contributed by atoms with Crippen molar-refractivity contribution in [1.29, 1.82) is 0 Å². The minimum absolute atomic E-state index is 0.0356. The van der Waals surface area contributed by atoms with Crippen LogP contribution in [0.5, 0.6) is 5.75 Å². The third kappa shape index (κ3) is 2.27. The highest BCUT2D eigenvalue weighted by atomic mass is 16.5. The maximum Gasteiger partial charge on any atom is 0.143 e. The van der Waals surface area contributed by atoms with Crippen LogP contribution in [0.1, 0.15) is 13.8 Å². The zero-order valence-corrected chi connectivity index (χ0v) is 9.60. The normalized spacial score (nSPS) is 24.2. The van der Waals surface area contributed by atoms with Gasteiger partial charge in [0, 0.05) is 0 Å². The SMILES string of the molecule is CC(N)=NCC1Oc2ccccc2NC1C. The summed E-state index contributed by atoms with van der Waals surface area (Å²) in [5.74, 6) is 1.48. The van der Waals surface area contributed by atoms with Crippen molar-refractivity contribution < 1.29 is 4.74 Å². The average molecular weight is 219 g/mol. The number of hydrogen-bond donors (Lipinski definition) is 2. The van der Waals surface area contributed by atoms with E-state index in [1.807, 2.05) is 24.3 Å². The van der Waals surface area contributed by atoms with Gasteiger partial charge in [0.25, 0.3) is 0 Å². The van der Waals surface area contributed by atoms with Crippen LogP contribution in [-0.4, -0.2) is 24.5 Å². The highest BCUT2D eigenvalue weighted by Gasteiger charge is 2.25. The molecule has 1 aliphatic heterocycles. The molecule has 2 rings (SSSR count). The van der Waals surface area contributed by atoms with E-state index in [1.165, 1.54) is 0 Å². The first-order chi connectivity index (χ1) is 7.66. The molecule has 2 unspecified atom stereocenters. The van der Waals surface area contributed by atoms with E-state index < -0.39 is 0 Å². The molecular weight excluding hydrogens is 202 g/mol. The lowest BCUT2D eigenvalue weighted by atomic mass is 10.1. The van der Waals surface area contributed by atoms with Crippen LogP contribution in [0.4, 0.5) is 5.69 Å². The Morgan fingerprint density at radius 1 is 1.50 bits per heavy atom. The quantitative estimate of drug-likeness (QED) is 0.587. The molecule has 3 N–H and O–H groups in total. The first-order valence-electron chi connectivity index (χ1n) is 5.45. The van der Waals surface area contributed by atoms with Crippen LogP contribution in [-0.2, 0) is 0 Å². The van der Waals surface area contributed by atoms with E-state index >= 15 is 0 Å². The van der Waals surface area contributed by atoms with Gasteiger partial charge in [-0.15, -0.1) is 0 Å². The largest absolute Gasteiger partial charge is 0.484 e. The van der Waals surface area contributed by atoms with Gasteiger partial charge in [-0.25, -0.2) is 0 Å². The number of hydrogen-bond acceptors (Lipinski definition) is 3. The molecule has 0 fully saturated rings. The van der Waals surface area contributed by atoms with Gasteiger partial charge >= 0.3 is 0 Å². The number of nitrogens with two attached hydrogens (primary N) is 1. The second-order valence-corrected chi connectivity index (χ2v) is 4.07. The van der Waals surface area contributed by atoms with Gasteiger partial charge in [0.2, 0.25) is 0 Å². The van der Waals surface area contributed by atoms with E-state index in [9.17, 15) is 0 Å². The molecule has 4 nitrogen and oxygen atoms in total.